The molecule has 1 aliphatic carbocycles. The van der Waals surface area contributed by atoms with Crippen LogP contribution in [0.2, 0.25) is 0 Å². The van der Waals surface area contributed by atoms with E-state index in [2.05, 4.69) is 24.1 Å². The van der Waals surface area contributed by atoms with Gasteiger partial charge >= 0.3 is 0 Å². The van der Waals surface area contributed by atoms with Crippen LogP contribution >= 0.6 is 0 Å². The van der Waals surface area contributed by atoms with Crippen LogP contribution in [0.4, 0.5) is 0 Å². The molecule has 1 saturated carbocycles. The Bertz CT molecular complexity index is 185. The largest absolute Gasteiger partial charge is 0.314 e. The summed E-state index contributed by atoms with van der Waals surface area (Å²) < 4.78 is 0. The van der Waals surface area contributed by atoms with Gasteiger partial charge in [-0.15, -0.1) is 0 Å². The Labute approximate surface area is 94.4 Å². The van der Waals surface area contributed by atoms with Gasteiger partial charge in [-0.05, 0) is 38.5 Å². The summed E-state index contributed by atoms with van der Waals surface area (Å²) in [5, 5.41) is 3.48. The van der Waals surface area contributed by atoms with Gasteiger partial charge in [0.05, 0.1) is 0 Å². The molecule has 2 heteroatoms. The van der Waals surface area contributed by atoms with Crippen LogP contribution in [-0.4, -0.2) is 36.6 Å². The van der Waals surface area contributed by atoms with Gasteiger partial charge in [0.15, 0.2) is 0 Å². The van der Waals surface area contributed by atoms with E-state index in [0.717, 1.165) is 18.0 Å². The van der Waals surface area contributed by atoms with E-state index >= 15 is 0 Å². The highest BCUT2D eigenvalue weighted by Crippen LogP contribution is 2.30. The Kier molecular flexibility index (Phi) is 4.04. The molecule has 1 saturated heterocycles. The van der Waals surface area contributed by atoms with Gasteiger partial charge in [-0.2, -0.15) is 0 Å². The van der Waals surface area contributed by atoms with Crippen molar-refractivity contribution in [3.63, 3.8) is 0 Å². The van der Waals surface area contributed by atoms with Crippen LogP contribution in [-0.2, 0) is 0 Å². The first kappa shape index (κ1) is 11.4. The van der Waals surface area contributed by atoms with Crippen molar-refractivity contribution in [2.75, 3.05) is 19.6 Å². The van der Waals surface area contributed by atoms with E-state index in [9.17, 15) is 0 Å². The number of hydrogen-bond donors (Lipinski definition) is 1. The molecule has 1 heterocycles. The fourth-order valence-electron chi connectivity index (χ4n) is 3.28. The van der Waals surface area contributed by atoms with E-state index < -0.39 is 0 Å². The van der Waals surface area contributed by atoms with Crippen LogP contribution in [0.5, 0.6) is 0 Å². The highest BCUT2D eigenvalue weighted by molar-refractivity contribution is 4.85. The second-order valence-electron chi connectivity index (χ2n) is 5.37. The number of rotatable bonds is 2. The highest BCUT2D eigenvalue weighted by atomic mass is 15.2. The molecule has 0 aromatic carbocycles. The summed E-state index contributed by atoms with van der Waals surface area (Å²) >= 11 is 0. The summed E-state index contributed by atoms with van der Waals surface area (Å²) in [6, 6.07) is 1.65. The summed E-state index contributed by atoms with van der Waals surface area (Å²) in [7, 11) is 0. The first-order valence-electron chi connectivity index (χ1n) is 6.77. The van der Waals surface area contributed by atoms with Gasteiger partial charge in [0.25, 0.3) is 0 Å². The van der Waals surface area contributed by atoms with Crippen molar-refractivity contribution in [2.45, 2.75) is 58.0 Å². The monoisotopic (exact) mass is 210 g/mol. The molecule has 15 heavy (non-hydrogen) atoms. The lowest BCUT2D eigenvalue weighted by molar-refractivity contribution is 0.0792. The molecule has 88 valence electrons. The zero-order valence-corrected chi connectivity index (χ0v) is 10.3. The predicted molar refractivity (Wildman–Crippen MR) is 65.1 cm³/mol. The van der Waals surface area contributed by atoms with Crippen LogP contribution in [0.15, 0.2) is 0 Å². The lowest BCUT2D eigenvalue weighted by Gasteiger charge is -2.42. The molecule has 1 atom stereocenters. The van der Waals surface area contributed by atoms with Gasteiger partial charge in [0, 0.05) is 31.7 Å². The smallest absolute Gasteiger partial charge is 0.0195 e. The van der Waals surface area contributed by atoms with Crippen molar-refractivity contribution in [2.24, 2.45) is 5.92 Å². The average molecular weight is 210 g/mol. The number of nitrogens with zero attached hydrogens (tertiary/aromatic N) is 1. The third-order valence-electron chi connectivity index (χ3n) is 4.42. The molecule has 0 aromatic rings. The van der Waals surface area contributed by atoms with Gasteiger partial charge in [0.1, 0.15) is 0 Å². The maximum absolute atomic E-state index is 3.48. The van der Waals surface area contributed by atoms with E-state index in [4.69, 9.17) is 0 Å². The summed E-state index contributed by atoms with van der Waals surface area (Å²) in [6.45, 7) is 8.37. The maximum Gasteiger partial charge on any atom is 0.0195 e. The molecule has 1 N–H and O–H groups in total. The molecule has 2 aliphatic rings. The van der Waals surface area contributed by atoms with Crippen LogP contribution in [0.25, 0.3) is 0 Å². The molecule has 1 unspecified atom stereocenters. The molecule has 2 nitrogen and oxygen atoms in total. The first-order chi connectivity index (χ1) is 7.31. The highest BCUT2D eigenvalue weighted by Gasteiger charge is 2.29. The Morgan fingerprint density at radius 3 is 2.53 bits per heavy atom. The van der Waals surface area contributed by atoms with E-state index in [1.807, 2.05) is 0 Å². The normalized spacial score (nSPS) is 39.2. The molecule has 0 aromatic heterocycles. The molecule has 0 spiro atoms. The maximum atomic E-state index is 3.48. The van der Waals surface area contributed by atoms with Crippen molar-refractivity contribution in [1.29, 1.82) is 0 Å². The minimum absolute atomic E-state index is 0.752. The first-order valence-corrected chi connectivity index (χ1v) is 6.77. The van der Waals surface area contributed by atoms with Gasteiger partial charge in [-0.25, -0.2) is 0 Å². The predicted octanol–water partition coefficient (Wildman–Crippen LogP) is 2.25. The van der Waals surface area contributed by atoms with Crippen molar-refractivity contribution in [1.82, 2.24) is 10.2 Å². The SMILES string of the molecule is CCC1CCC(N2CCNCC2C)CC1. The van der Waals surface area contributed by atoms with Crippen molar-refractivity contribution in [3.8, 4) is 0 Å². The third-order valence-corrected chi connectivity index (χ3v) is 4.42. The lowest BCUT2D eigenvalue weighted by atomic mass is 9.83. The van der Waals surface area contributed by atoms with Crippen LogP contribution in [0, 0.1) is 5.92 Å². The third kappa shape index (κ3) is 2.73. The van der Waals surface area contributed by atoms with E-state index in [0.29, 0.717) is 0 Å². The number of nitrogens with one attached hydrogen (secondary N) is 1. The number of piperazine rings is 1. The molecule has 0 radical (unpaired) electrons. The second-order valence-corrected chi connectivity index (χ2v) is 5.37. The fraction of sp³-hybridized carbons (Fsp3) is 1.00. The Balaban J connectivity index is 1.83. The zero-order valence-electron chi connectivity index (χ0n) is 10.3. The Morgan fingerprint density at radius 2 is 1.93 bits per heavy atom. The van der Waals surface area contributed by atoms with E-state index in [1.165, 1.54) is 51.7 Å². The molecular formula is C13H26N2. The minimum Gasteiger partial charge on any atom is -0.314 e. The summed E-state index contributed by atoms with van der Waals surface area (Å²) in [5.41, 5.74) is 0. The van der Waals surface area contributed by atoms with Crippen LogP contribution < -0.4 is 5.32 Å². The van der Waals surface area contributed by atoms with Gasteiger partial charge in [-0.3, -0.25) is 4.90 Å². The van der Waals surface area contributed by atoms with Gasteiger partial charge < -0.3 is 5.32 Å². The fourth-order valence-corrected chi connectivity index (χ4v) is 3.28. The zero-order chi connectivity index (χ0) is 10.7. The summed E-state index contributed by atoms with van der Waals surface area (Å²) in [4.78, 5) is 2.75. The van der Waals surface area contributed by atoms with Crippen molar-refractivity contribution >= 4 is 0 Å². The van der Waals surface area contributed by atoms with Crippen molar-refractivity contribution in [3.05, 3.63) is 0 Å². The average Bonchev–Trinajstić information content (AvgIpc) is 2.30. The van der Waals surface area contributed by atoms with Crippen molar-refractivity contribution < 1.29 is 0 Å². The molecule has 2 fully saturated rings. The molecular weight excluding hydrogens is 184 g/mol. The quantitative estimate of drug-likeness (QED) is 0.752. The van der Waals surface area contributed by atoms with Crippen LogP contribution in [0.3, 0.4) is 0 Å². The molecule has 2 rings (SSSR count). The van der Waals surface area contributed by atoms with Gasteiger partial charge in [0.2, 0.25) is 0 Å². The van der Waals surface area contributed by atoms with E-state index in [-0.39, 0.29) is 0 Å². The molecule has 1 aliphatic heterocycles. The summed E-state index contributed by atoms with van der Waals surface area (Å²) in [6.07, 6.45) is 7.23. The summed E-state index contributed by atoms with van der Waals surface area (Å²) in [5.74, 6) is 1.03. The standard InChI is InChI=1S/C13H26N2/c1-3-12-4-6-13(7-5-12)15-9-8-14-10-11(15)2/h11-14H,3-10H2,1-2H3. The molecule has 0 bridgehead atoms. The Hall–Kier alpha value is -0.0800. The topological polar surface area (TPSA) is 15.3 Å². The number of hydrogen-bond acceptors (Lipinski definition) is 2. The van der Waals surface area contributed by atoms with Gasteiger partial charge in [-0.1, -0.05) is 13.3 Å². The lowest BCUT2D eigenvalue weighted by Crippen LogP contribution is -2.54. The van der Waals surface area contributed by atoms with Crippen LogP contribution in [0.1, 0.15) is 46.0 Å². The van der Waals surface area contributed by atoms with E-state index in [1.54, 1.807) is 0 Å². The molecule has 0 amide bonds. The second kappa shape index (κ2) is 5.31. The Morgan fingerprint density at radius 1 is 1.20 bits per heavy atom. The minimum atomic E-state index is 0.752.